The number of amides is 1. The fraction of sp³-hybridized carbons (Fsp3) is 0.0870. The largest absolute Gasteiger partial charge is 0.451 e. The fourth-order valence-electron chi connectivity index (χ4n) is 3.30. The average Bonchev–Trinajstić information content (AvgIpc) is 3.47. The number of carbonyl (C=O) groups excluding carboxylic acids is 1. The Hall–Kier alpha value is -4.31. The number of benzene rings is 1. The molecule has 2 N–H and O–H groups in total. The highest BCUT2D eigenvalue weighted by Gasteiger charge is 2.19. The van der Waals surface area contributed by atoms with E-state index in [9.17, 15) is 14.4 Å². The Kier molecular flexibility index (Phi) is 4.98. The Labute approximate surface area is 190 Å². The normalized spacial score (nSPS) is 11.1. The van der Waals surface area contributed by atoms with Crippen LogP contribution in [0.1, 0.15) is 21.8 Å². The highest BCUT2D eigenvalue weighted by molar-refractivity contribution is 7.13. The zero-order valence-corrected chi connectivity index (χ0v) is 18.4. The lowest BCUT2D eigenvalue weighted by atomic mass is 10.2. The van der Waals surface area contributed by atoms with Gasteiger partial charge in [-0.15, -0.1) is 11.3 Å². The molecule has 0 saturated carbocycles. The van der Waals surface area contributed by atoms with Gasteiger partial charge in [0.1, 0.15) is 17.1 Å². The van der Waals surface area contributed by atoms with Gasteiger partial charge in [-0.3, -0.25) is 19.4 Å². The predicted octanol–water partition coefficient (Wildman–Crippen LogP) is 3.66. The number of aromatic nitrogens is 4. The molecule has 10 heteroatoms. The SMILES string of the molecule is Cc1nc(-n2nc(-c3cccs3)cc2NC(=O)c2cc(=O)c3ccccc3o2)[nH]c(=O)c1C. The number of H-pyrrole nitrogens is 1. The molecule has 0 spiro atoms. The lowest BCUT2D eigenvalue weighted by molar-refractivity contribution is 0.0996. The maximum atomic E-state index is 13.0. The van der Waals surface area contributed by atoms with Crippen LogP contribution in [0.3, 0.4) is 0 Å². The van der Waals surface area contributed by atoms with Crippen molar-refractivity contribution < 1.29 is 9.21 Å². The number of hydrogen-bond donors (Lipinski definition) is 2. The molecule has 5 aromatic rings. The molecule has 0 saturated heterocycles. The van der Waals surface area contributed by atoms with E-state index in [4.69, 9.17) is 4.42 Å². The van der Waals surface area contributed by atoms with Gasteiger partial charge in [0.2, 0.25) is 5.95 Å². The Morgan fingerprint density at radius 2 is 1.94 bits per heavy atom. The average molecular weight is 459 g/mol. The minimum absolute atomic E-state index is 0.148. The van der Waals surface area contributed by atoms with E-state index in [1.807, 2.05) is 17.5 Å². The number of anilines is 1. The van der Waals surface area contributed by atoms with Gasteiger partial charge in [0.15, 0.2) is 11.2 Å². The van der Waals surface area contributed by atoms with E-state index in [0.717, 1.165) is 10.9 Å². The van der Waals surface area contributed by atoms with Gasteiger partial charge in [-0.1, -0.05) is 18.2 Å². The van der Waals surface area contributed by atoms with Crippen molar-refractivity contribution >= 4 is 34.0 Å². The molecule has 33 heavy (non-hydrogen) atoms. The van der Waals surface area contributed by atoms with Crippen molar-refractivity contribution in [2.75, 3.05) is 5.32 Å². The Morgan fingerprint density at radius 3 is 2.70 bits per heavy atom. The van der Waals surface area contributed by atoms with Crippen LogP contribution in [-0.2, 0) is 0 Å². The van der Waals surface area contributed by atoms with Crippen LogP contribution in [-0.4, -0.2) is 25.7 Å². The van der Waals surface area contributed by atoms with Gasteiger partial charge in [-0.25, -0.2) is 4.98 Å². The van der Waals surface area contributed by atoms with Crippen LogP contribution in [0.5, 0.6) is 0 Å². The molecule has 5 rings (SSSR count). The number of nitrogens with one attached hydrogen (secondary N) is 2. The molecule has 1 aromatic carbocycles. The number of hydrogen-bond acceptors (Lipinski definition) is 7. The number of thiophene rings is 1. The van der Waals surface area contributed by atoms with Crippen LogP contribution in [0.25, 0.3) is 27.5 Å². The minimum atomic E-state index is -0.636. The van der Waals surface area contributed by atoms with Crippen molar-refractivity contribution in [2.45, 2.75) is 13.8 Å². The molecule has 0 radical (unpaired) electrons. The zero-order valence-electron chi connectivity index (χ0n) is 17.6. The number of fused-ring (bicyclic) bond motifs is 1. The first kappa shape index (κ1) is 20.6. The van der Waals surface area contributed by atoms with Gasteiger partial charge in [0.05, 0.1) is 10.3 Å². The number of carbonyl (C=O) groups is 1. The Balaban J connectivity index is 1.60. The van der Waals surface area contributed by atoms with E-state index in [1.54, 1.807) is 44.2 Å². The first-order chi connectivity index (χ1) is 15.9. The molecule has 0 aliphatic rings. The molecule has 0 bridgehead atoms. The van der Waals surface area contributed by atoms with E-state index < -0.39 is 5.91 Å². The third-order valence-corrected chi connectivity index (χ3v) is 6.06. The summed E-state index contributed by atoms with van der Waals surface area (Å²) < 4.78 is 6.99. The predicted molar refractivity (Wildman–Crippen MR) is 125 cm³/mol. The highest BCUT2D eigenvalue weighted by Crippen LogP contribution is 2.27. The molecular weight excluding hydrogens is 442 g/mol. The molecule has 4 aromatic heterocycles. The summed E-state index contributed by atoms with van der Waals surface area (Å²) >= 11 is 1.48. The summed E-state index contributed by atoms with van der Waals surface area (Å²) in [7, 11) is 0. The molecular formula is C23H17N5O4S. The van der Waals surface area contributed by atoms with Gasteiger partial charge >= 0.3 is 0 Å². The first-order valence-corrected chi connectivity index (χ1v) is 10.8. The molecule has 9 nitrogen and oxygen atoms in total. The molecule has 4 heterocycles. The van der Waals surface area contributed by atoms with Crippen LogP contribution in [0, 0.1) is 13.8 Å². The standard InChI is InChI=1S/C23H17N5O4S/c1-12-13(2)24-23(26-21(12)30)28-20(10-15(27-28)19-8-5-9-33-19)25-22(31)18-11-16(29)14-6-3-4-7-17(14)32-18/h3-11H,1-2H3,(H,25,31)(H,24,26,30). The summed E-state index contributed by atoms with van der Waals surface area (Å²) in [5.74, 6) is -0.375. The van der Waals surface area contributed by atoms with Crippen LogP contribution in [0.4, 0.5) is 5.82 Å². The molecule has 0 unspecified atom stereocenters. The van der Waals surface area contributed by atoms with Gasteiger partial charge in [0, 0.05) is 23.4 Å². The summed E-state index contributed by atoms with van der Waals surface area (Å²) in [6.45, 7) is 3.40. The second-order valence-electron chi connectivity index (χ2n) is 7.33. The van der Waals surface area contributed by atoms with Crippen molar-refractivity contribution in [3.05, 3.63) is 91.5 Å². The first-order valence-electron chi connectivity index (χ1n) is 9.97. The topological polar surface area (TPSA) is 123 Å². The quantitative estimate of drug-likeness (QED) is 0.423. The monoisotopic (exact) mass is 459 g/mol. The molecule has 1 amide bonds. The van der Waals surface area contributed by atoms with Crippen molar-refractivity contribution in [3.63, 3.8) is 0 Å². The van der Waals surface area contributed by atoms with E-state index in [-0.39, 0.29) is 28.5 Å². The van der Waals surface area contributed by atoms with Crippen molar-refractivity contribution in [3.8, 4) is 16.5 Å². The summed E-state index contributed by atoms with van der Waals surface area (Å²) in [5.41, 5.74) is 1.30. The Bertz CT molecular complexity index is 1630. The lowest BCUT2D eigenvalue weighted by Crippen LogP contribution is -2.21. The summed E-state index contributed by atoms with van der Waals surface area (Å²) in [5, 5.41) is 9.56. The number of aromatic amines is 1. The third kappa shape index (κ3) is 3.76. The van der Waals surface area contributed by atoms with Crippen molar-refractivity contribution in [2.24, 2.45) is 0 Å². The summed E-state index contributed by atoms with van der Waals surface area (Å²) in [6.07, 6.45) is 0. The van der Waals surface area contributed by atoms with Gasteiger partial charge in [-0.05, 0) is 37.4 Å². The van der Waals surface area contributed by atoms with Crippen LogP contribution in [0.2, 0.25) is 0 Å². The fourth-order valence-corrected chi connectivity index (χ4v) is 3.98. The van der Waals surface area contributed by atoms with Crippen molar-refractivity contribution in [1.82, 2.24) is 19.7 Å². The number of para-hydroxylation sites is 1. The summed E-state index contributed by atoms with van der Waals surface area (Å²) in [4.78, 5) is 45.7. The summed E-state index contributed by atoms with van der Waals surface area (Å²) in [6, 6.07) is 13.3. The van der Waals surface area contributed by atoms with Crippen LogP contribution < -0.4 is 16.3 Å². The van der Waals surface area contributed by atoms with Gasteiger partial charge in [-0.2, -0.15) is 9.78 Å². The Morgan fingerprint density at radius 1 is 1.12 bits per heavy atom. The van der Waals surface area contributed by atoms with E-state index in [2.05, 4.69) is 20.4 Å². The van der Waals surface area contributed by atoms with E-state index in [0.29, 0.717) is 27.9 Å². The lowest BCUT2D eigenvalue weighted by Gasteiger charge is -2.09. The smallest absolute Gasteiger partial charge is 0.292 e. The van der Waals surface area contributed by atoms with Gasteiger partial charge < -0.3 is 9.73 Å². The van der Waals surface area contributed by atoms with E-state index >= 15 is 0 Å². The minimum Gasteiger partial charge on any atom is -0.451 e. The molecule has 0 fully saturated rings. The highest BCUT2D eigenvalue weighted by atomic mass is 32.1. The maximum Gasteiger partial charge on any atom is 0.292 e. The second kappa shape index (κ2) is 7.99. The van der Waals surface area contributed by atoms with Crippen molar-refractivity contribution in [1.29, 1.82) is 0 Å². The number of rotatable bonds is 4. The number of aryl methyl sites for hydroxylation is 1. The van der Waals surface area contributed by atoms with E-state index in [1.165, 1.54) is 16.0 Å². The maximum absolute atomic E-state index is 13.0. The third-order valence-electron chi connectivity index (χ3n) is 5.17. The van der Waals surface area contributed by atoms with Crippen LogP contribution in [0.15, 0.2) is 67.9 Å². The van der Waals surface area contributed by atoms with Crippen LogP contribution >= 0.6 is 11.3 Å². The molecule has 164 valence electrons. The second-order valence-corrected chi connectivity index (χ2v) is 8.28. The number of nitrogens with zero attached hydrogens (tertiary/aromatic N) is 3. The molecule has 0 atom stereocenters. The van der Waals surface area contributed by atoms with Gasteiger partial charge in [0.25, 0.3) is 11.5 Å². The molecule has 0 aliphatic heterocycles. The zero-order chi connectivity index (χ0) is 23.1. The molecule has 0 aliphatic carbocycles.